The summed E-state index contributed by atoms with van der Waals surface area (Å²) in [5.74, 6) is 1.56. The molecule has 2 N–H and O–H groups in total. The van der Waals surface area contributed by atoms with Crippen LogP contribution in [0.3, 0.4) is 0 Å². The number of hydrogen-bond acceptors (Lipinski definition) is 7. The molecule has 2 atom stereocenters. The molecular weight excluding hydrogens is 354 g/mol. The third kappa shape index (κ3) is 2.80. The number of aromatic amines is 1. The maximum atomic E-state index is 4.87. The average Bonchev–Trinajstić information content (AvgIpc) is 3.38. The van der Waals surface area contributed by atoms with E-state index in [1.54, 1.807) is 12.4 Å². The van der Waals surface area contributed by atoms with Gasteiger partial charge in [0.1, 0.15) is 11.5 Å². The fourth-order valence-electron chi connectivity index (χ4n) is 3.83. The molecule has 0 spiro atoms. The summed E-state index contributed by atoms with van der Waals surface area (Å²) < 4.78 is 1.98. The van der Waals surface area contributed by atoms with Crippen LogP contribution in [0.4, 0.5) is 5.82 Å². The van der Waals surface area contributed by atoms with Crippen LogP contribution in [-0.2, 0) is 0 Å². The third-order valence-corrected chi connectivity index (χ3v) is 5.26. The molecule has 28 heavy (non-hydrogen) atoms. The van der Waals surface area contributed by atoms with Crippen molar-refractivity contribution in [2.45, 2.75) is 25.9 Å². The Hall–Kier alpha value is -3.33. The first kappa shape index (κ1) is 16.8. The number of aryl methyl sites for hydroxylation is 1. The van der Waals surface area contributed by atoms with Crippen molar-refractivity contribution >= 4 is 11.5 Å². The number of rotatable bonds is 3. The van der Waals surface area contributed by atoms with E-state index in [1.807, 2.05) is 42.2 Å². The van der Waals surface area contributed by atoms with E-state index < -0.39 is 0 Å². The second-order valence-electron chi connectivity index (χ2n) is 7.04. The van der Waals surface area contributed by atoms with Crippen LogP contribution in [0.2, 0.25) is 0 Å². The molecule has 1 aliphatic rings. The van der Waals surface area contributed by atoms with Crippen molar-refractivity contribution in [2.24, 2.45) is 0 Å². The number of nitrogens with zero attached hydrogens (tertiary/aromatic N) is 7. The molecule has 4 aromatic heterocycles. The molecule has 0 aliphatic carbocycles. The summed E-state index contributed by atoms with van der Waals surface area (Å²) >= 11 is 0. The van der Waals surface area contributed by atoms with Gasteiger partial charge in [0.05, 0.1) is 30.3 Å². The fraction of sp³-hybridized carbons (Fsp3) is 0.316. The van der Waals surface area contributed by atoms with E-state index in [1.165, 1.54) is 0 Å². The van der Waals surface area contributed by atoms with Gasteiger partial charge >= 0.3 is 0 Å². The Morgan fingerprint density at radius 2 is 2.07 bits per heavy atom. The molecular formula is C19H21N9. The number of nitrogens with one attached hydrogen (secondary N) is 2. The molecule has 0 saturated carbocycles. The van der Waals surface area contributed by atoms with E-state index in [0.717, 1.165) is 41.5 Å². The molecule has 1 fully saturated rings. The van der Waals surface area contributed by atoms with Crippen LogP contribution in [0.1, 0.15) is 24.2 Å². The van der Waals surface area contributed by atoms with E-state index in [2.05, 4.69) is 42.3 Å². The topological polar surface area (TPSA) is 99.9 Å². The molecule has 142 valence electrons. The van der Waals surface area contributed by atoms with E-state index in [4.69, 9.17) is 4.98 Å². The largest absolute Gasteiger partial charge is 0.351 e. The minimum absolute atomic E-state index is 0.190. The number of anilines is 1. The molecule has 4 aromatic rings. The first-order chi connectivity index (χ1) is 13.7. The lowest BCUT2D eigenvalue weighted by atomic mass is 10.00. The third-order valence-electron chi connectivity index (χ3n) is 5.26. The zero-order valence-corrected chi connectivity index (χ0v) is 15.7. The maximum absolute atomic E-state index is 4.87. The van der Waals surface area contributed by atoms with Crippen molar-refractivity contribution in [2.75, 3.05) is 18.0 Å². The van der Waals surface area contributed by atoms with Gasteiger partial charge in [-0.1, -0.05) is 0 Å². The van der Waals surface area contributed by atoms with Crippen molar-refractivity contribution in [3.8, 4) is 11.5 Å². The molecule has 5 rings (SSSR count). The monoisotopic (exact) mass is 375 g/mol. The minimum atomic E-state index is 0.190. The van der Waals surface area contributed by atoms with Crippen LogP contribution in [0.15, 0.2) is 43.2 Å². The number of H-pyrrole nitrogens is 1. The molecule has 0 radical (unpaired) electrons. The van der Waals surface area contributed by atoms with Crippen molar-refractivity contribution < 1.29 is 0 Å². The van der Waals surface area contributed by atoms with Gasteiger partial charge in [-0.3, -0.25) is 14.5 Å². The molecule has 5 heterocycles. The maximum Gasteiger partial charge on any atom is 0.180 e. The molecule has 0 amide bonds. The molecule has 1 saturated heterocycles. The lowest BCUT2D eigenvalue weighted by Gasteiger charge is -2.40. The highest BCUT2D eigenvalue weighted by Gasteiger charge is 2.30. The zero-order valence-electron chi connectivity index (χ0n) is 15.7. The summed E-state index contributed by atoms with van der Waals surface area (Å²) in [6.45, 7) is 5.91. The molecule has 2 unspecified atom stereocenters. The number of fused-ring (bicyclic) bond motifs is 1. The molecule has 0 bridgehead atoms. The standard InChI is InChI=1S/C19H21N9/c1-12-11-28-15(9-23-17(28)10-22-12)19-21-4-3-16(26-19)27-6-5-20-18(13(27)2)14-7-24-25-8-14/h3-4,7-11,13,18,20H,5-6H2,1-2H3,(H,24,25). The fourth-order valence-corrected chi connectivity index (χ4v) is 3.83. The Balaban J connectivity index is 1.51. The van der Waals surface area contributed by atoms with Gasteiger partial charge in [-0.15, -0.1) is 0 Å². The Kier molecular flexibility index (Phi) is 4.01. The summed E-state index contributed by atoms with van der Waals surface area (Å²) in [7, 11) is 0. The SMILES string of the molecule is Cc1cn2c(-c3nccc(N4CCNC(c5cn[nH]c5)C4C)n3)cnc2cn1. The molecule has 9 heteroatoms. The first-order valence-electron chi connectivity index (χ1n) is 9.32. The smallest absolute Gasteiger partial charge is 0.180 e. The molecule has 0 aromatic carbocycles. The van der Waals surface area contributed by atoms with Crippen LogP contribution >= 0.6 is 0 Å². The summed E-state index contributed by atoms with van der Waals surface area (Å²) in [4.78, 5) is 20.4. The highest BCUT2D eigenvalue weighted by atomic mass is 15.3. The van der Waals surface area contributed by atoms with Gasteiger partial charge in [0, 0.05) is 43.3 Å². The predicted octanol–water partition coefficient (Wildman–Crippen LogP) is 1.76. The van der Waals surface area contributed by atoms with Crippen molar-refractivity contribution in [1.29, 1.82) is 0 Å². The van der Waals surface area contributed by atoms with Gasteiger partial charge < -0.3 is 10.2 Å². The van der Waals surface area contributed by atoms with E-state index in [-0.39, 0.29) is 12.1 Å². The van der Waals surface area contributed by atoms with Gasteiger partial charge in [-0.25, -0.2) is 15.0 Å². The van der Waals surface area contributed by atoms with Crippen molar-refractivity contribution in [3.63, 3.8) is 0 Å². The van der Waals surface area contributed by atoms with Crippen LogP contribution in [0.5, 0.6) is 0 Å². The zero-order chi connectivity index (χ0) is 19.1. The highest BCUT2D eigenvalue weighted by Crippen LogP contribution is 2.28. The van der Waals surface area contributed by atoms with Gasteiger partial charge in [0.25, 0.3) is 0 Å². The normalized spacial score (nSPS) is 20.0. The van der Waals surface area contributed by atoms with Crippen molar-refractivity contribution in [1.82, 2.24) is 39.9 Å². The molecule has 1 aliphatic heterocycles. The average molecular weight is 375 g/mol. The van der Waals surface area contributed by atoms with Gasteiger partial charge in [0.2, 0.25) is 0 Å². The van der Waals surface area contributed by atoms with Crippen molar-refractivity contribution in [3.05, 3.63) is 54.5 Å². The number of imidazole rings is 1. The Morgan fingerprint density at radius 3 is 2.93 bits per heavy atom. The summed E-state index contributed by atoms with van der Waals surface area (Å²) in [6, 6.07) is 2.38. The van der Waals surface area contributed by atoms with Crippen LogP contribution in [-0.4, -0.2) is 53.7 Å². The van der Waals surface area contributed by atoms with Crippen LogP contribution < -0.4 is 10.2 Å². The second kappa shape index (κ2) is 6.68. The van der Waals surface area contributed by atoms with E-state index in [9.17, 15) is 0 Å². The summed E-state index contributed by atoms with van der Waals surface area (Å²) in [5, 5.41) is 10.6. The Morgan fingerprint density at radius 1 is 1.14 bits per heavy atom. The van der Waals surface area contributed by atoms with Crippen LogP contribution in [0.25, 0.3) is 17.2 Å². The lowest BCUT2D eigenvalue weighted by Crippen LogP contribution is -2.52. The Bertz CT molecular complexity index is 1100. The van der Waals surface area contributed by atoms with Gasteiger partial charge in [-0.05, 0) is 19.9 Å². The summed E-state index contributed by atoms with van der Waals surface area (Å²) in [6.07, 6.45) is 11.1. The lowest BCUT2D eigenvalue weighted by molar-refractivity contribution is 0.389. The number of piperazine rings is 1. The predicted molar refractivity (Wildman–Crippen MR) is 105 cm³/mol. The quantitative estimate of drug-likeness (QED) is 0.563. The van der Waals surface area contributed by atoms with Gasteiger partial charge in [0.15, 0.2) is 11.5 Å². The Labute approximate surface area is 161 Å². The number of hydrogen-bond donors (Lipinski definition) is 2. The summed E-state index contributed by atoms with van der Waals surface area (Å²) in [5.41, 5.74) is 3.71. The highest BCUT2D eigenvalue weighted by molar-refractivity contribution is 5.58. The second-order valence-corrected chi connectivity index (χ2v) is 7.04. The molecule has 9 nitrogen and oxygen atoms in total. The first-order valence-corrected chi connectivity index (χ1v) is 9.32. The van der Waals surface area contributed by atoms with Gasteiger partial charge in [-0.2, -0.15) is 5.10 Å². The van der Waals surface area contributed by atoms with E-state index in [0.29, 0.717) is 5.82 Å². The number of aromatic nitrogens is 7. The minimum Gasteiger partial charge on any atom is -0.351 e. The van der Waals surface area contributed by atoms with Crippen LogP contribution in [0, 0.1) is 6.92 Å². The van der Waals surface area contributed by atoms with E-state index >= 15 is 0 Å².